The quantitative estimate of drug-likeness (QED) is 0.609. The number of rotatable bonds is 7. The topological polar surface area (TPSA) is 93.2 Å². The van der Waals surface area contributed by atoms with Crippen LogP contribution >= 0.6 is 11.3 Å². The number of carbonyl (C=O) groups excluding carboxylic acids is 2. The summed E-state index contributed by atoms with van der Waals surface area (Å²) in [4.78, 5) is 33.9. The highest BCUT2D eigenvalue weighted by Gasteiger charge is 2.19. The van der Waals surface area contributed by atoms with Crippen molar-refractivity contribution in [3.63, 3.8) is 0 Å². The first kappa shape index (κ1) is 20.2. The molecule has 2 amide bonds. The predicted molar refractivity (Wildman–Crippen MR) is 115 cm³/mol. The molecule has 1 atom stereocenters. The fourth-order valence-corrected chi connectivity index (χ4v) is 4.05. The number of thiazole rings is 1. The minimum Gasteiger partial charge on any atom is -0.376 e. The van der Waals surface area contributed by atoms with E-state index >= 15 is 0 Å². The number of pyridine rings is 1. The molecule has 1 aliphatic rings. The Labute approximate surface area is 178 Å². The molecule has 2 aromatic heterocycles. The Morgan fingerprint density at radius 3 is 2.83 bits per heavy atom. The van der Waals surface area contributed by atoms with Gasteiger partial charge in [0, 0.05) is 24.7 Å². The number of anilines is 1. The van der Waals surface area contributed by atoms with E-state index in [-0.39, 0.29) is 24.3 Å². The molecule has 3 aromatic rings. The largest absolute Gasteiger partial charge is 0.376 e. The molecule has 0 radical (unpaired) electrons. The molecule has 0 bridgehead atoms. The zero-order chi connectivity index (χ0) is 20.8. The van der Waals surface area contributed by atoms with Crippen molar-refractivity contribution in [1.82, 2.24) is 15.3 Å². The van der Waals surface area contributed by atoms with Crippen molar-refractivity contribution in [1.29, 1.82) is 0 Å². The highest BCUT2D eigenvalue weighted by atomic mass is 32.1. The first-order valence-electron chi connectivity index (χ1n) is 9.83. The third-order valence-corrected chi connectivity index (χ3v) is 5.65. The van der Waals surface area contributed by atoms with Crippen molar-refractivity contribution in [2.75, 3.05) is 18.5 Å². The summed E-state index contributed by atoms with van der Waals surface area (Å²) in [5, 5.41) is 8.35. The molecule has 154 valence electrons. The van der Waals surface area contributed by atoms with Crippen molar-refractivity contribution in [2.45, 2.75) is 25.4 Å². The van der Waals surface area contributed by atoms with E-state index in [2.05, 4.69) is 20.6 Å². The second-order valence-corrected chi connectivity index (χ2v) is 7.83. The van der Waals surface area contributed by atoms with E-state index in [1.165, 1.54) is 11.3 Å². The number of amides is 2. The lowest BCUT2D eigenvalue weighted by Crippen LogP contribution is -2.32. The van der Waals surface area contributed by atoms with Crippen LogP contribution in [0.3, 0.4) is 0 Å². The van der Waals surface area contributed by atoms with Crippen molar-refractivity contribution in [2.24, 2.45) is 0 Å². The van der Waals surface area contributed by atoms with Crippen LogP contribution in [0, 0.1) is 0 Å². The molecule has 1 aromatic carbocycles. The van der Waals surface area contributed by atoms with Gasteiger partial charge >= 0.3 is 0 Å². The molecule has 1 aliphatic heterocycles. The maximum atomic E-state index is 12.6. The average Bonchev–Trinajstić information content (AvgIpc) is 3.45. The summed E-state index contributed by atoms with van der Waals surface area (Å²) in [5.74, 6) is -0.459. The zero-order valence-electron chi connectivity index (χ0n) is 16.3. The molecule has 0 saturated carbocycles. The normalized spacial score (nSPS) is 15.7. The number of ether oxygens (including phenoxy) is 1. The van der Waals surface area contributed by atoms with Gasteiger partial charge in [-0.3, -0.25) is 14.6 Å². The van der Waals surface area contributed by atoms with Crippen molar-refractivity contribution in [3.8, 4) is 10.7 Å². The zero-order valence-corrected chi connectivity index (χ0v) is 17.2. The minimum absolute atomic E-state index is 0.0636. The SMILES string of the molecule is O=C(Cc1csc(-c2ccccn2)n1)Nc1ccccc1C(=O)NC[C@@H]1CCCO1. The standard InChI is InChI=1S/C22H22N4O3S/c27-20(12-15-14-30-22(25-15)19-9-3-4-10-23-19)26-18-8-2-1-7-17(18)21(28)24-13-16-6-5-11-29-16/h1-4,7-10,14,16H,5-6,11-13H2,(H,24,28)(H,26,27)/t16-/m0/s1. The van der Waals surface area contributed by atoms with Crippen LogP contribution in [-0.4, -0.2) is 41.0 Å². The number of carbonyl (C=O) groups is 2. The highest BCUT2D eigenvalue weighted by molar-refractivity contribution is 7.13. The number of benzene rings is 1. The second-order valence-electron chi connectivity index (χ2n) is 6.97. The van der Waals surface area contributed by atoms with E-state index in [0.717, 1.165) is 30.2 Å². The maximum absolute atomic E-state index is 12.6. The van der Waals surface area contributed by atoms with Gasteiger partial charge < -0.3 is 15.4 Å². The fraction of sp³-hybridized carbons (Fsp3) is 0.273. The summed E-state index contributed by atoms with van der Waals surface area (Å²) >= 11 is 1.45. The van der Waals surface area contributed by atoms with Crippen molar-refractivity contribution >= 4 is 28.8 Å². The summed E-state index contributed by atoms with van der Waals surface area (Å²) in [6.45, 7) is 1.21. The van der Waals surface area contributed by atoms with Gasteiger partial charge in [-0.15, -0.1) is 11.3 Å². The van der Waals surface area contributed by atoms with Gasteiger partial charge in [0.2, 0.25) is 5.91 Å². The lowest BCUT2D eigenvalue weighted by molar-refractivity contribution is -0.115. The molecule has 30 heavy (non-hydrogen) atoms. The molecular formula is C22H22N4O3S. The van der Waals surface area contributed by atoms with E-state index in [4.69, 9.17) is 4.74 Å². The number of nitrogens with one attached hydrogen (secondary N) is 2. The summed E-state index contributed by atoms with van der Waals surface area (Å²) in [7, 11) is 0. The van der Waals surface area contributed by atoms with Crippen LogP contribution in [0.15, 0.2) is 54.0 Å². The molecule has 7 nitrogen and oxygen atoms in total. The Kier molecular flexibility index (Phi) is 6.46. The van der Waals surface area contributed by atoms with Gasteiger partial charge in [0.05, 0.1) is 35.2 Å². The third-order valence-electron chi connectivity index (χ3n) is 4.74. The van der Waals surface area contributed by atoms with Gasteiger partial charge in [0.15, 0.2) is 0 Å². The van der Waals surface area contributed by atoms with Crippen molar-refractivity contribution < 1.29 is 14.3 Å². The monoisotopic (exact) mass is 422 g/mol. The van der Waals surface area contributed by atoms with Crippen LogP contribution in [0.2, 0.25) is 0 Å². The summed E-state index contributed by atoms with van der Waals surface area (Å²) < 4.78 is 5.54. The van der Waals surface area contributed by atoms with E-state index in [1.807, 2.05) is 23.6 Å². The minimum atomic E-state index is -0.229. The summed E-state index contributed by atoms with van der Waals surface area (Å²) in [6, 6.07) is 12.6. The van der Waals surface area contributed by atoms with Crippen molar-refractivity contribution in [3.05, 3.63) is 65.3 Å². The lowest BCUT2D eigenvalue weighted by Gasteiger charge is -2.13. The Bertz CT molecular complexity index is 1020. The molecule has 1 saturated heterocycles. The fourth-order valence-electron chi connectivity index (χ4n) is 3.25. The number of hydrogen-bond acceptors (Lipinski definition) is 6. The molecule has 4 rings (SSSR count). The van der Waals surface area contributed by atoms with Gasteiger partial charge in [0.25, 0.3) is 5.91 Å². The van der Waals surface area contributed by atoms with E-state index < -0.39 is 0 Å². The molecular weight excluding hydrogens is 400 g/mol. The van der Waals surface area contributed by atoms with Crippen LogP contribution in [-0.2, 0) is 16.0 Å². The molecule has 0 spiro atoms. The molecule has 1 fully saturated rings. The Balaban J connectivity index is 1.37. The van der Waals surface area contributed by atoms with E-state index in [9.17, 15) is 9.59 Å². The van der Waals surface area contributed by atoms with Gasteiger partial charge in [-0.05, 0) is 37.1 Å². The lowest BCUT2D eigenvalue weighted by atomic mass is 10.1. The average molecular weight is 423 g/mol. The molecule has 3 heterocycles. The first-order chi connectivity index (χ1) is 14.7. The van der Waals surface area contributed by atoms with Gasteiger partial charge in [-0.25, -0.2) is 4.98 Å². The van der Waals surface area contributed by atoms with E-state index in [0.29, 0.717) is 23.5 Å². The van der Waals surface area contributed by atoms with E-state index in [1.54, 1.807) is 30.5 Å². The molecule has 0 unspecified atom stereocenters. The smallest absolute Gasteiger partial charge is 0.253 e. The number of nitrogens with zero attached hydrogens (tertiary/aromatic N) is 2. The summed E-state index contributed by atoms with van der Waals surface area (Å²) in [6.07, 6.45) is 3.87. The number of aromatic nitrogens is 2. The first-order valence-corrected chi connectivity index (χ1v) is 10.7. The van der Waals surface area contributed by atoms with Gasteiger partial charge in [0.1, 0.15) is 5.01 Å². The van der Waals surface area contributed by atoms with Crippen LogP contribution in [0.1, 0.15) is 28.9 Å². The maximum Gasteiger partial charge on any atom is 0.253 e. The highest BCUT2D eigenvalue weighted by Crippen LogP contribution is 2.22. The van der Waals surface area contributed by atoms with Crippen LogP contribution in [0.5, 0.6) is 0 Å². The van der Waals surface area contributed by atoms with Crippen LogP contribution in [0.4, 0.5) is 5.69 Å². The summed E-state index contributed by atoms with van der Waals surface area (Å²) in [5.41, 5.74) is 2.35. The van der Waals surface area contributed by atoms with Crippen LogP contribution in [0.25, 0.3) is 10.7 Å². The Hall–Kier alpha value is -3.10. The third kappa shape index (κ3) is 5.08. The number of hydrogen-bond donors (Lipinski definition) is 2. The number of para-hydroxylation sites is 1. The van der Waals surface area contributed by atoms with Gasteiger partial charge in [-0.1, -0.05) is 18.2 Å². The molecule has 8 heteroatoms. The second kappa shape index (κ2) is 9.60. The van der Waals surface area contributed by atoms with Gasteiger partial charge in [-0.2, -0.15) is 0 Å². The van der Waals surface area contributed by atoms with Crippen LogP contribution < -0.4 is 10.6 Å². The molecule has 0 aliphatic carbocycles. The molecule has 2 N–H and O–H groups in total. The Morgan fingerprint density at radius 2 is 2.03 bits per heavy atom. The Morgan fingerprint density at radius 1 is 1.17 bits per heavy atom. The predicted octanol–water partition coefficient (Wildman–Crippen LogP) is 3.30.